The minimum Gasteiger partial charge on any atom is -0.377 e. The average Bonchev–Trinajstić information content (AvgIpc) is 3.03. The Kier molecular flexibility index (Phi) is 3.55. The molecule has 0 amide bonds. The molecule has 0 saturated heterocycles. The van der Waals surface area contributed by atoms with Crippen LogP contribution in [0.2, 0.25) is 0 Å². The maximum atomic E-state index is 12.9. The lowest BCUT2D eigenvalue weighted by atomic mass is 10.2. The first-order valence-corrected chi connectivity index (χ1v) is 6.44. The summed E-state index contributed by atoms with van der Waals surface area (Å²) >= 11 is 0. The van der Waals surface area contributed by atoms with Gasteiger partial charge in [-0.25, -0.2) is 9.07 Å². The van der Waals surface area contributed by atoms with Crippen molar-refractivity contribution in [2.45, 2.75) is 13.0 Å². The zero-order chi connectivity index (χ0) is 14.7. The van der Waals surface area contributed by atoms with Crippen molar-refractivity contribution in [2.24, 2.45) is 0 Å². The second-order valence-corrected chi connectivity index (χ2v) is 4.57. The summed E-state index contributed by atoms with van der Waals surface area (Å²) in [6.07, 6.45) is 2.75. The van der Waals surface area contributed by atoms with E-state index in [0.717, 1.165) is 17.1 Å². The van der Waals surface area contributed by atoms with Gasteiger partial charge in [0, 0.05) is 5.69 Å². The van der Waals surface area contributed by atoms with E-state index in [1.54, 1.807) is 10.7 Å². The third-order valence-corrected chi connectivity index (χ3v) is 3.06. The third kappa shape index (κ3) is 3.02. The molecule has 3 rings (SSSR count). The number of aromatic nitrogens is 5. The molecule has 106 valence electrons. The smallest absolute Gasteiger partial charge is 0.143 e. The van der Waals surface area contributed by atoms with Gasteiger partial charge in [0.1, 0.15) is 12.1 Å². The summed E-state index contributed by atoms with van der Waals surface area (Å²) < 4.78 is 14.4. The van der Waals surface area contributed by atoms with Gasteiger partial charge < -0.3 is 5.32 Å². The highest BCUT2D eigenvalue weighted by Gasteiger charge is 2.07. The highest BCUT2D eigenvalue weighted by molar-refractivity contribution is 5.49. The zero-order valence-electron chi connectivity index (χ0n) is 11.3. The van der Waals surface area contributed by atoms with Crippen LogP contribution in [-0.2, 0) is 0 Å². The maximum Gasteiger partial charge on any atom is 0.143 e. The fourth-order valence-corrected chi connectivity index (χ4v) is 1.96. The molecular formula is C14H13FN6. The number of pyridine rings is 1. The highest BCUT2D eigenvalue weighted by atomic mass is 19.1. The van der Waals surface area contributed by atoms with E-state index < -0.39 is 0 Å². The van der Waals surface area contributed by atoms with E-state index in [4.69, 9.17) is 0 Å². The molecule has 0 saturated carbocycles. The molecule has 0 spiro atoms. The van der Waals surface area contributed by atoms with Crippen molar-refractivity contribution in [3.05, 3.63) is 60.4 Å². The molecule has 6 nitrogen and oxygen atoms in total. The molecule has 21 heavy (non-hydrogen) atoms. The molecule has 0 radical (unpaired) electrons. The molecule has 0 aliphatic rings. The van der Waals surface area contributed by atoms with Gasteiger partial charge in [-0.05, 0) is 53.7 Å². The second-order valence-electron chi connectivity index (χ2n) is 4.57. The van der Waals surface area contributed by atoms with E-state index in [2.05, 4.69) is 25.8 Å². The summed E-state index contributed by atoms with van der Waals surface area (Å²) in [6, 6.07) is 10.7. The standard InChI is InChI=1S/C14H13FN6/c1-10(14-7-2-11(15)8-16-14)18-12-3-5-13(6-4-12)21-9-17-19-20-21/h2-10,18H,1H3. The fourth-order valence-electron chi connectivity index (χ4n) is 1.96. The first kappa shape index (κ1) is 13.2. The molecule has 0 aliphatic carbocycles. The first-order chi connectivity index (χ1) is 10.2. The summed E-state index contributed by atoms with van der Waals surface area (Å²) in [4.78, 5) is 4.06. The van der Waals surface area contributed by atoms with Crippen molar-refractivity contribution in [3.63, 3.8) is 0 Å². The van der Waals surface area contributed by atoms with Crippen LogP contribution in [0.5, 0.6) is 0 Å². The molecule has 2 heterocycles. The number of benzene rings is 1. The van der Waals surface area contributed by atoms with Crippen LogP contribution in [0, 0.1) is 5.82 Å². The zero-order valence-corrected chi connectivity index (χ0v) is 11.3. The fraction of sp³-hybridized carbons (Fsp3) is 0.143. The van der Waals surface area contributed by atoms with Gasteiger partial charge in [-0.15, -0.1) is 5.10 Å². The quantitative estimate of drug-likeness (QED) is 0.796. The van der Waals surface area contributed by atoms with Gasteiger partial charge in [-0.2, -0.15) is 0 Å². The monoisotopic (exact) mass is 284 g/mol. The van der Waals surface area contributed by atoms with Crippen LogP contribution in [0.15, 0.2) is 48.9 Å². The van der Waals surface area contributed by atoms with Gasteiger partial charge in [0.15, 0.2) is 0 Å². The molecule has 3 aromatic rings. The Labute approximate surface area is 120 Å². The Morgan fingerprint density at radius 3 is 2.57 bits per heavy atom. The van der Waals surface area contributed by atoms with Crippen LogP contribution in [0.1, 0.15) is 18.7 Å². The summed E-state index contributed by atoms with van der Waals surface area (Å²) in [5, 5.41) is 14.3. The Bertz CT molecular complexity index is 693. The molecule has 0 aliphatic heterocycles. The van der Waals surface area contributed by atoms with Gasteiger partial charge in [0.2, 0.25) is 0 Å². The van der Waals surface area contributed by atoms with Crippen molar-refractivity contribution < 1.29 is 4.39 Å². The number of rotatable bonds is 4. The largest absolute Gasteiger partial charge is 0.377 e. The number of hydrogen-bond acceptors (Lipinski definition) is 5. The molecule has 0 fully saturated rings. The lowest BCUT2D eigenvalue weighted by molar-refractivity contribution is 0.617. The lowest BCUT2D eigenvalue weighted by Gasteiger charge is -2.15. The van der Waals surface area contributed by atoms with Crippen LogP contribution < -0.4 is 5.32 Å². The molecular weight excluding hydrogens is 271 g/mol. The minimum absolute atomic E-state index is 0.0236. The number of tetrazole rings is 1. The Morgan fingerprint density at radius 1 is 1.14 bits per heavy atom. The predicted molar refractivity (Wildman–Crippen MR) is 75.4 cm³/mol. The molecule has 7 heteroatoms. The average molecular weight is 284 g/mol. The van der Waals surface area contributed by atoms with Gasteiger partial charge in [0.25, 0.3) is 0 Å². The third-order valence-electron chi connectivity index (χ3n) is 3.06. The summed E-state index contributed by atoms with van der Waals surface area (Å²) in [7, 11) is 0. The SMILES string of the molecule is CC(Nc1ccc(-n2cnnn2)cc1)c1ccc(F)cn1. The molecule has 1 unspecified atom stereocenters. The Balaban J connectivity index is 1.71. The molecule has 1 N–H and O–H groups in total. The van der Waals surface area contributed by atoms with Crippen LogP contribution in [0.3, 0.4) is 0 Å². The van der Waals surface area contributed by atoms with Gasteiger partial charge in [-0.1, -0.05) is 0 Å². The van der Waals surface area contributed by atoms with Gasteiger partial charge in [-0.3, -0.25) is 4.98 Å². The molecule has 0 bridgehead atoms. The molecule has 1 atom stereocenters. The molecule has 2 aromatic heterocycles. The van der Waals surface area contributed by atoms with E-state index in [1.165, 1.54) is 18.6 Å². The van der Waals surface area contributed by atoms with Crippen molar-refractivity contribution in [2.75, 3.05) is 5.32 Å². The van der Waals surface area contributed by atoms with Gasteiger partial charge >= 0.3 is 0 Å². The van der Waals surface area contributed by atoms with E-state index in [1.807, 2.05) is 31.2 Å². The summed E-state index contributed by atoms with van der Waals surface area (Å²) in [5.41, 5.74) is 2.59. The van der Waals surface area contributed by atoms with Crippen molar-refractivity contribution in [3.8, 4) is 5.69 Å². The van der Waals surface area contributed by atoms with Crippen LogP contribution in [0.25, 0.3) is 5.69 Å². The predicted octanol–water partition coefficient (Wildman–Crippen LogP) is 2.37. The summed E-state index contributed by atoms with van der Waals surface area (Å²) in [6.45, 7) is 1.97. The minimum atomic E-state index is -0.336. The van der Waals surface area contributed by atoms with Crippen molar-refractivity contribution in [1.82, 2.24) is 25.2 Å². The second kappa shape index (κ2) is 5.66. The number of nitrogens with one attached hydrogen (secondary N) is 1. The van der Waals surface area contributed by atoms with Crippen molar-refractivity contribution in [1.29, 1.82) is 0 Å². The lowest BCUT2D eigenvalue weighted by Crippen LogP contribution is -2.08. The number of hydrogen-bond donors (Lipinski definition) is 1. The molecule has 1 aromatic carbocycles. The van der Waals surface area contributed by atoms with Crippen LogP contribution >= 0.6 is 0 Å². The van der Waals surface area contributed by atoms with Gasteiger partial charge in [0.05, 0.1) is 23.6 Å². The topological polar surface area (TPSA) is 68.5 Å². The number of halogens is 1. The van der Waals surface area contributed by atoms with E-state index >= 15 is 0 Å². The highest BCUT2D eigenvalue weighted by Crippen LogP contribution is 2.19. The normalized spacial score (nSPS) is 12.1. The van der Waals surface area contributed by atoms with Crippen molar-refractivity contribution >= 4 is 5.69 Å². The van der Waals surface area contributed by atoms with Crippen LogP contribution in [0.4, 0.5) is 10.1 Å². The maximum absolute atomic E-state index is 12.9. The Morgan fingerprint density at radius 2 is 1.95 bits per heavy atom. The summed E-state index contributed by atoms with van der Waals surface area (Å²) in [5.74, 6) is -0.336. The van der Waals surface area contributed by atoms with E-state index in [0.29, 0.717) is 0 Å². The number of nitrogens with zero attached hydrogens (tertiary/aromatic N) is 5. The van der Waals surface area contributed by atoms with E-state index in [-0.39, 0.29) is 11.9 Å². The number of anilines is 1. The van der Waals surface area contributed by atoms with E-state index in [9.17, 15) is 4.39 Å². The Hall–Kier alpha value is -2.83. The first-order valence-electron chi connectivity index (χ1n) is 6.44. The van der Waals surface area contributed by atoms with Crippen LogP contribution in [-0.4, -0.2) is 25.2 Å².